The van der Waals surface area contributed by atoms with Gasteiger partial charge in [-0.3, -0.25) is 0 Å². The second-order valence-corrected chi connectivity index (χ2v) is 4.84. The summed E-state index contributed by atoms with van der Waals surface area (Å²) in [6, 6.07) is 10.1. The first kappa shape index (κ1) is 12.9. The van der Waals surface area contributed by atoms with Gasteiger partial charge in [-0.15, -0.1) is 0 Å². The minimum atomic E-state index is 0.270. The lowest BCUT2D eigenvalue weighted by molar-refractivity contribution is 0.828. The summed E-state index contributed by atoms with van der Waals surface area (Å²) in [6.45, 7) is 2.57. The first-order valence-corrected chi connectivity index (χ1v) is 6.46. The Morgan fingerprint density at radius 3 is 2.71 bits per heavy atom. The zero-order valence-corrected chi connectivity index (χ0v) is 11.5. The van der Waals surface area contributed by atoms with E-state index in [0.717, 1.165) is 11.1 Å². The quantitative estimate of drug-likeness (QED) is 0.743. The number of hydrogen-bond acceptors (Lipinski definition) is 5. The molecule has 0 fully saturated rings. The highest BCUT2D eigenvalue weighted by Crippen LogP contribution is 2.30. The SMILES string of the molecule is Cc1ccccc1Cn1c(N)c(C#N)c2c(N)ncnc21. The van der Waals surface area contributed by atoms with Gasteiger partial charge in [0.25, 0.3) is 0 Å². The van der Waals surface area contributed by atoms with Gasteiger partial charge in [0.15, 0.2) is 0 Å². The average Bonchev–Trinajstić information content (AvgIpc) is 2.75. The Morgan fingerprint density at radius 2 is 2.00 bits per heavy atom. The van der Waals surface area contributed by atoms with Crippen LogP contribution in [0, 0.1) is 18.3 Å². The van der Waals surface area contributed by atoms with Crippen LogP contribution in [0.2, 0.25) is 0 Å². The number of rotatable bonds is 2. The standard InChI is InChI=1S/C15H14N6/c1-9-4-2-3-5-10(9)7-21-14(18)11(6-16)12-13(17)19-8-20-15(12)21/h2-5,8H,7,18H2,1H3,(H2,17,19,20). The number of aryl methyl sites for hydroxylation is 1. The molecule has 6 heteroatoms. The smallest absolute Gasteiger partial charge is 0.148 e. The van der Waals surface area contributed by atoms with E-state index < -0.39 is 0 Å². The van der Waals surface area contributed by atoms with Crippen LogP contribution in [-0.2, 0) is 6.54 Å². The first-order valence-electron chi connectivity index (χ1n) is 6.46. The fourth-order valence-electron chi connectivity index (χ4n) is 2.44. The molecule has 1 aromatic carbocycles. The number of aromatic nitrogens is 3. The molecular weight excluding hydrogens is 264 g/mol. The summed E-state index contributed by atoms with van der Waals surface area (Å²) in [5.74, 6) is 0.634. The highest BCUT2D eigenvalue weighted by molar-refractivity contribution is 5.96. The maximum absolute atomic E-state index is 9.32. The van der Waals surface area contributed by atoms with Crippen molar-refractivity contribution in [3.8, 4) is 6.07 Å². The molecule has 0 aliphatic carbocycles. The van der Waals surface area contributed by atoms with Crippen LogP contribution in [0.4, 0.5) is 11.6 Å². The summed E-state index contributed by atoms with van der Waals surface area (Å²) in [4.78, 5) is 8.18. The maximum Gasteiger partial charge on any atom is 0.148 e. The molecule has 4 N–H and O–H groups in total. The molecule has 0 amide bonds. The average molecular weight is 278 g/mol. The molecule has 0 spiro atoms. The van der Waals surface area contributed by atoms with E-state index in [1.807, 2.05) is 31.2 Å². The highest BCUT2D eigenvalue weighted by atomic mass is 15.1. The molecule has 104 valence electrons. The molecule has 2 aromatic heterocycles. The molecule has 0 saturated carbocycles. The maximum atomic E-state index is 9.32. The lowest BCUT2D eigenvalue weighted by atomic mass is 10.1. The van der Waals surface area contributed by atoms with Gasteiger partial charge in [0.05, 0.1) is 11.9 Å². The summed E-state index contributed by atoms with van der Waals surface area (Å²) in [5.41, 5.74) is 15.2. The lowest BCUT2D eigenvalue weighted by Gasteiger charge is -2.09. The lowest BCUT2D eigenvalue weighted by Crippen LogP contribution is -2.06. The third kappa shape index (κ3) is 1.96. The van der Waals surface area contributed by atoms with Gasteiger partial charge < -0.3 is 16.0 Å². The molecular formula is C15H14N6. The van der Waals surface area contributed by atoms with Gasteiger partial charge in [-0.1, -0.05) is 24.3 Å². The van der Waals surface area contributed by atoms with E-state index in [2.05, 4.69) is 16.0 Å². The Hall–Kier alpha value is -3.07. The molecule has 0 aliphatic heterocycles. The third-order valence-electron chi connectivity index (χ3n) is 3.61. The largest absolute Gasteiger partial charge is 0.384 e. The minimum absolute atomic E-state index is 0.270. The van der Waals surface area contributed by atoms with E-state index >= 15 is 0 Å². The molecule has 0 radical (unpaired) electrons. The minimum Gasteiger partial charge on any atom is -0.384 e. The molecule has 0 aliphatic rings. The van der Waals surface area contributed by atoms with Crippen LogP contribution >= 0.6 is 0 Å². The van der Waals surface area contributed by atoms with Gasteiger partial charge >= 0.3 is 0 Å². The predicted molar refractivity (Wildman–Crippen MR) is 81.3 cm³/mol. The third-order valence-corrected chi connectivity index (χ3v) is 3.61. The number of hydrogen-bond donors (Lipinski definition) is 2. The number of nitriles is 1. The number of nitrogens with two attached hydrogens (primary N) is 2. The van der Waals surface area contributed by atoms with Crippen molar-refractivity contribution >= 4 is 22.7 Å². The van der Waals surface area contributed by atoms with E-state index in [-0.39, 0.29) is 5.82 Å². The van der Waals surface area contributed by atoms with Crippen molar-refractivity contribution in [2.45, 2.75) is 13.5 Å². The van der Waals surface area contributed by atoms with E-state index in [1.54, 1.807) is 4.57 Å². The van der Waals surface area contributed by atoms with Gasteiger partial charge in [0, 0.05) is 0 Å². The summed E-state index contributed by atoms with van der Waals surface area (Å²) in [7, 11) is 0. The monoisotopic (exact) mass is 278 g/mol. The van der Waals surface area contributed by atoms with E-state index in [4.69, 9.17) is 11.5 Å². The van der Waals surface area contributed by atoms with Gasteiger partial charge in [-0.05, 0) is 18.1 Å². The zero-order valence-electron chi connectivity index (χ0n) is 11.5. The summed E-state index contributed by atoms with van der Waals surface area (Å²) < 4.78 is 1.80. The Bertz CT molecular complexity index is 872. The fourth-order valence-corrected chi connectivity index (χ4v) is 2.44. The second-order valence-electron chi connectivity index (χ2n) is 4.84. The van der Waals surface area contributed by atoms with Gasteiger partial charge in [-0.2, -0.15) is 5.26 Å². The molecule has 21 heavy (non-hydrogen) atoms. The number of benzene rings is 1. The Morgan fingerprint density at radius 1 is 1.24 bits per heavy atom. The van der Waals surface area contributed by atoms with Crippen LogP contribution in [0.3, 0.4) is 0 Å². The summed E-state index contributed by atoms with van der Waals surface area (Å²) in [6.07, 6.45) is 1.38. The molecule has 0 saturated heterocycles. The van der Waals surface area contributed by atoms with E-state index in [1.165, 1.54) is 6.33 Å². The topological polar surface area (TPSA) is 107 Å². The fraction of sp³-hybridized carbons (Fsp3) is 0.133. The predicted octanol–water partition coefficient (Wildman–Crippen LogP) is 1.82. The first-order chi connectivity index (χ1) is 10.1. The van der Waals surface area contributed by atoms with E-state index in [9.17, 15) is 5.26 Å². The van der Waals surface area contributed by atoms with Crippen LogP contribution in [0.25, 0.3) is 11.0 Å². The molecule has 0 atom stereocenters. The summed E-state index contributed by atoms with van der Waals surface area (Å²) in [5, 5.41) is 9.84. The molecule has 0 unspecified atom stereocenters. The van der Waals surface area contributed by atoms with Gasteiger partial charge in [-0.25, -0.2) is 9.97 Å². The van der Waals surface area contributed by atoms with Crippen molar-refractivity contribution in [1.29, 1.82) is 5.26 Å². The molecule has 0 bridgehead atoms. The number of anilines is 2. The van der Waals surface area contributed by atoms with Crippen molar-refractivity contribution in [2.75, 3.05) is 11.5 Å². The normalized spacial score (nSPS) is 10.7. The van der Waals surface area contributed by atoms with Crippen molar-refractivity contribution in [1.82, 2.24) is 14.5 Å². The van der Waals surface area contributed by atoms with Crippen molar-refractivity contribution in [3.63, 3.8) is 0 Å². The van der Waals surface area contributed by atoms with Crippen LogP contribution < -0.4 is 11.5 Å². The molecule has 2 heterocycles. The number of nitrogens with zero attached hydrogens (tertiary/aromatic N) is 4. The van der Waals surface area contributed by atoms with Gasteiger partial charge in [0.2, 0.25) is 0 Å². The van der Waals surface area contributed by atoms with Crippen LogP contribution in [-0.4, -0.2) is 14.5 Å². The van der Waals surface area contributed by atoms with Crippen molar-refractivity contribution in [3.05, 3.63) is 47.3 Å². The van der Waals surface area contributed by atoms with E-state index in [0.29, 0.717) is 29.0 Å². The Balaban J connectivity index is 2.25. The summed E-state index contributed by atoms with van der Waals surface area (Å²) >= 11 is 0. The molecule has 3 aromatic rings. The zero-order chi connectivity index (χ0) is 15.0. The Kier molecular flexibility index (Phi) is 2.95. The van der Waals surface area contributed by atoms with Crippen LogP contribution in [0.15, 0.2) is 30.6 Å². The highest BCUT2D eigenvalue weighted by Gasteiger charge is 2.19. The van der Waals surface area contributed by atoms with Crippen LogP contribution in [0.1, 0.15) is 16.7 Å². The molecule has 3 rings (SSSR count). The molecule has 6 nitrogen and oxygen atoms in total. The Labute approximate surface area is 121 Å². The van der Waals surface area contributed by atoms with Crippen molar-refractivity contribution < 1.29 is 0 Å². The van der Waals surface area contributed by atoms with Crippen LogP contribution in [0.5, 0.6) is 0 Å². The van der Waals surface area contributed by atoms with Crippen molar-refractivity contribution in [2.24, 2.45) is 0 Å². The number of nitrogen functional groups attached to an aromatic ring is 2. The number of fused-ring (bicyclic) bond motifs is 1. The second kappa shape index (κ2) is 4.80. The van der Waals surface area contributed by atoms with Gasteiger partial charge in [0.1, 0.15) is 35.2 Å².